The smallest absolute Gasteiger partial charge is 0.0685 e. The third-order valence-electron chi connectivity index (χ3n) is 5.50. The lowest BCUT2D eigenvalue weighted by atomic mass is 9.79. The van der Waals surface area contributed by atoms with Crippen LogP contribution in [0.25, 0.3) is 0 Å². The maximum atomic E-state index is 6.51. The summed E-state index contributed by atoms with van der Waals surface area (Å²) < 4.78 is 6.13. The summed E-state index contributed by atoms with van der Waals surface area (Å²) in [4.78, 5) is 0. The molecule has 116 valence electrons. The molecule has 1 saturated heterocycles. The highest BCUT2D eigenvalue weighted by Crippen LogP contribution is 2.43. The summed E-state index contributed by atoms with van der Waals surface area (Å²) in [7, 11) is 0. The molecule has 2 N–H and O–H groups in total. The zero-order valence-corrected chi connectivity index (χ0v) is 13.1. The molecule has 2 unspecified atom stereocenters. The Morgan fingerprint density at radius 2 is 1.95 bits per heavy atom. The van der Waals surface area contributed by atoms with Gasteiger partial charge >= 0.3 is 0 Å². The van der Waals surface area contributed by atoms with Crippen LogP contribution in [0, 0.1) is 5.92 Å². The molecule has 2 heteroatoms. The lowest BCUT2D eigenvalue weighted by Crippen LogP contribution is -2.43. The summed E-state index contributed by atoms with van der Waals surface area (Å²) in [6.45, 7) is 0.928. The predicted molar refractivity (Wildman–Crippen MR) is 87.2 cm³/mol. The first-order valence-electron chi connectivity index (χ1n) is 8.71. The molecule has 0 bridgehead atoms. The molecule has 0 aromatic heterocycles. The molecule has 2 fully saturated rings. The first-order valence-corrected chi connectivity index (χ1v) is 8.71. The van der Waals surface area contributed by atoms with Crippen molar-refractivity contribution in [3.63, 3.8) is 0 Å². The van der Waals surface area contributed by atoms with Crippen molar-refractivity contribution in [2.45, 2.75) is 69.4 Å². The molecule has 1 aromatic carbocycles. The van der Waals surface area contributed by atoms with E-state index in [1.54, 1.807) is 0 Å². The summed E-state index contributed by atoms with van der Waals surface area (Å²) in [6.07, 6.45) is 11.1. The van der Waals surface area contributed by atoms with Gasteiger partial charge in [-0.1, -0.05) is 43.2 Å². The van der Waals surface area contributed by atoms with Crippen molar-refractivity contribution in [1.82, 2.24) is 0 Å². The summed E-state index contributed by atoms with van der Waals surface area (Å²) >= 11 is 0. The van der Waals surface area contributed by atoms with Crippen LogP contribution in [-0.2, 0) is 11.2 Å². The lowest BCUT2D eigenvalue weighted by molar-refractivity contribution is -0.0964. The van der Waals surface area contributed by atoms with E-state index < -0.39 is 0 Å². The summed E-state index contributed by atoms with van der Waals surface area (Å²) in [5.41, 5.74) is 8.15. The van der Waals surface area contributed by atoms with Crippen LogP contribution in [0.2, 0.25) is 0 Å². The first kappa shape index (κ1) is 15.1. The predicted octanol–water partition coefficient (Wildman–Crippen LogP) is 4.08. The molecule has 1 aliphatic heterocycles. The van der Waals surface area contributed by atoms with Gasteiger partial charge in [-0.2, -0.15) is 0 Å². The van der Waals surface area contributed by atoms with Crippen molar-refractivity contribution < 1.29 is 4.74 Å². The maximum absolute atomic E-state index is 6.51. The van der Waals surface area contributed by atoms with Crippen LogP contribution in [0.4, 0.5) is 0 Å². The van der Waals surface area contributed by atoms with Crippen LogP contribution in [0.1, 0.15) is 56.9 Å². The second-order valence-corrected chi connectivity index (χ2v) is 7.03. The van der Waals surface area contributed by atoms with E-state index in [9.17, 15) is 0 Å². The Labute approximate surface area is 129 Å². The van der Waals surface area contributed by atoms with Gasteiger partial charge in [-0.05, 0) is 56.4 Å². The van der Waals surface area contributed by atoms with Gasteiger partial charge in [-0.3, -0.25) is 0 Å². The molecule has 0 radical (unpaired) electrons. The molecule has 2 atom stereocenters. The van der Waals surface area contributed by atoms with Gasteiger partial charge in [0.1, 0.15) is 0 Å². The standard InChI is InChI=1S/C19H29NO/c20-18(10-6-9-16-7-2-1-3-8-16)17-11-14-21-19(15-17)12-4-5-13-19/h1-3,7-8,17-18H,4-6,9-15,20H2. The number of hydrogen-bond acceptors (Lipinski definition) is 2. The molecule has 1 spiro atoms. The molecule has 21 heavy (non-hydrogen) atoms. The second kappa shape index (κ2) is 6.93. The van der Waals surface area contributed by atoms with E-state index in [2.05, 4.69) is 30.3 Å². The third kappa shape index (κ3) is 3.87. The topological polar surface area (TPSA) is 35.2 Å². The van der Waals surface area contributed by atoms with E-state index in [0.717, 1.165) is 25.9 Å². The summed E-state index contributed by atoms with van der Waals surface area (Å²) in [5, 5.41) is 0. The largest absolute Gasteiger partial charge is 0.375 e. The molecule has 1 aromatic rings. The fourth-order valence-electron chi connectivity index (χ4n) is 4.22. The lowest BCUT2D eigenvalue weighted by Gasteiger charge is -2.40. The average molecular weight is 287 g/mol. The van der Waals surface area contributed by atoms with Crippen molar-refractivity contribution in [2.75, 3.05) is 6.61 Å². The third-order valence-corrected chi connectivity index (χ3v) is 5.50. The Morgan fingerprint density at radius 3 is 2.71 bits per heavy atom. The fraction of sp³-hybridized carbons (Fsp3) is 0.684. The molecule has 2 aliphatic rings. The van der Waals surface area contributed by atoms with Gasteiger partial charge in [0.25, 0.3) is 0 Å². The number of hydrogen-bond donors (Lipinski definition) is 1. The Bertz CT molecular complexity index is 424. The number of nitrogens with two attached hydrogens (primary N) is 1. The van der Waals surface area contributed by atoms with Crippen molar-refractivity contribution in [2.24, 2.45) is 11.7 Å². The van der Waals surface area contributed by atoms with Crippen LogP contribution in [0.5, 0.6) is 0 Å². The normalized spacial score (nSPS) is 26.0. The van der Waals surface area contributed by atoms with Crippen molar-refractivity contribution in [3.8, 4) is 0 Å². The van der Waals surface area contributed by atoms with Crippen molar-refractivity contribution in [3.05, 3.63) is 35.9 Å². The molecular formula is C19H29NO. The molecule has 1 aliphatic carbocycles. The minimum Gasteiger partial charge on any atom is -0.375 e. The Balaban J connectivity index is 1.45. The Morgan fingerprint density at radius 1 is 1.19 bits per heavy atom. The molecule has 2 nitrogen and oxygen atoms in total. The highest BCUT2D eigenvalue weighted by molar-refractivity contribution is 5.14. The Kier molecular flexibility index (Phi) is 4.97. The van der Waals surface area contributed by atoms with Gasteiger partial charge in [-0.15, -0.1) is 0 Å². The zero-order chi connectivity index (χ0) is 14.5. The minimum absolute atomic E-state index is 0.208. The van der Waals surface area contributed by atoms with Gasteiger partial charge < -0.3 is 10.5 Å². The number of aryl methyl sites for hydroxylation is 1. The zero-order valence-electron chi connectivity index (χ0n) is 13.1. The van der Waals surface area contributed by atoms with Crippen molar-refractivity contribution >= 4 is 0 Å². The van der Waals surface area contributed by atoms with Gasteiger partial charge in [-0.25, -0.2) is 0 Å². The molecule has 1 heterocycles. The average Bonchev–Trinajstić information content (AvgIpc) is 2.96. The van der Waals surface area contributed by atoms with E-state index in [1.165, 1.54) is 44.1 Å². The van der Waals surface area contributed by atoms with Gasteiger partial charge in [0, 0.05) is 12.6 Å². The van der Waals surface area contributed by atoms with Gasteiger partial charge in [0.15, 0.2) is 0 Å². The van der Waals surface area contributed by atoms with E-state index >= 15 is 0 Å². The van der Waals surface area contributed by atoms with E-state index in [0.29, 0.717) is 12.0 Å². The van der Waals surface area contributed by atoms with E-state index in [-0.39, 0.29) is 5.60 Å². The molecule has 3 rings (SSSR count). The van der Waals surface area contributed by atoms with Crippen molar-refractivity contribution in [1.29, 1.82) is 0 Å². The highest BCUT2D eigenvalue weighted by Gasteiger charge is 2.41. The first-order chi connectivity index (χ1) is 10.3. The van der Waals surface area contributed by atoms with Crippen LogP contribution in [0.15, 0.2) is 30.3 Å². The van der Waals surface area contributed by atoms with Crippen LogP contribution < -0.4 is 5.73 Å². The number of rotatable bonds is 5. The quantitative estimate of drug-likeness (QED) is 0.885. The maximum Gasteiger partial charge on any atom is 0.0685 e. The summed E-state index contributed by atoms with van der Waals surface area (Å²) in [5.74, 6) is 0.674. The number of ether oxygens (including phenoxy) is 1. The second-order valence-electron chi connectivity index (χ2n) is 7.03. The van der Waals surface area contributed by atoms with E-state index in [4.69, 9.17) is 10.5 Å². The van der Waals surface area contributed by atoms with Crippen LogP contribution in [-0.4, -0.2) is 18.2 Å². The van der Waals surface area contributed by atoms with Crippen LogP contribution >= 0.6 is 0 Å². The molecule has 0 amide bonds. The van der Waals surface area contributed by atoms with Crippen LogP contribution in [0.3, 0.4) is 0 Å². The number of benzene rings is 1. The van der Waals surface area contributed by atoms with Gasteiger partial charge in [0.05, 0.1) is 5.60 Å². The SMILES string of the molecule is NC(CCCc1ccccc1)C1CCOC2(CCCC2)C1. The minimum atomic E-state index is 0.208. The van der Waals surface area contributed by atoms with Gasteiger partial charge in [0.2, 0.25) is 0 Å². The molecule has 1 saturated carbocycles. The summed E-state index contributed by atoms with van der Waals surface area (Å²) in [6, 6.07) is 11.1. The fourth-order valence-corrected chi connectivity index (χ4v) is 4.22. The highest BCUT2D eigenvalue weighted by atomic mass is 16.5. The molecular weight excluding hydrogens is 258 g/mol. The van der Waals surface area contributed by atoms with E-state index in [1.807, 2.05) is 0 Å². The Hall–Kier alpha value is -0.860. The monoisotopic (exact) mass is 287 g/mol.